The van der Waals surface area contributed by atoms with Gasteiger partial charge in [0.15, 0.2) is 14.9 Å². The van der Waals surface area contributed by atoms with Gasteiger partial charge in [0, 0.05) is 24.9 Å². The number of sulfone groups is 1. The molecule has 0 bridgehead atoms. The number of nitrogens with one attached hydrogen (secondary N) is 1. The van der Waals surface area contributed by atoms with Crippen LogP contribution in [-0.2, 0) is 19.9 Å². The highest BCUT2D eigenvalue weighted by Gasteiger charge is 2.36. The second-order valence-electron chi connectivity index (χ2n) is 5.18. The first-order valence-corrected chi connectivity index (χ1v) is 10.2. The summed E-state index contributed by atoms with van der Waals surface area (Å²) in [4.78, 5) is 0. The lowest BCUT2D eigenvalue weighted by molar-refractivity contribution is 0.210. The average Bonchev–Trinajstić information content (AvgIpc) is 2.26. The van der Waals surface area contributed by atoms with Crippen LogP contribution in [0.15, 0.2) is 0 Å². The van der Waals surface area contributed by atoms with E-state index in [2.05, 4.69) is 5.32 Å². The minimum absolute atomic E-state index is 0.0274. The molecule has 0 radical (unpaired) electrons. The second kappa shape index (κ2) is 6.51. The Kier molecular flexibility index (Phi) is 5.78. The predicted molar refractivity (Wildman–Crippen MR) is 76.1 cm³/mol. The Bertz CT molecular complexity index is 487. The van der Waals surface area contributed by atoms with Gasteiger partial charge in [-0.15, -0.1) is 0 Å². The Morgan fingerprint density at radius 1 is 1.26 bits per heavy atom. The molecule has 0 spiro atoms. The summed E-state index contributed by atoms with van der Waals surface area (Å²) in [6.45, 7) is 5.09. The van der Waals surface area contributed by atoms with Crippen LogP contribution in [0.1, 0.15) is 33.1 Å². The largest absolute Gasteiger partial charge is 0.313 e. The van der Waals surface area contributed by atoms with E-state index in [1.54, 1.807) is 0 Å². The third-order valence-corrected chi connectivity index (χ3v) is 7.39. The lowest BCUT2D eigenvalue weighted by Crippen LogP contribution is -2.54. The van der Waals surface area contributed by atoms with Crippen LogP contribution in [0.3, 0.4) is 0 Å². The zero-order valence-electron chi connectivity index (χ0n) is 11.8. The molecule has 19 heavy (non-hydrogen) atoms. The molecule has 0 saturated carbocycles. The highest BCUT2D eigenvalue weighted by Crippen LogP contribution is 2.23. The molecule has 0 amide bonds. The minimum Gasteiger partial charge on any atom is -0.313 e. The van der Waals surface area contributed by atoms with Gasteiger partial charge in [0.1, 0.15) is 0 Å². The number of hydrogen-bond donors (Lipinski definition) is 1. The van der Waals surface area contributed by atoms with Crippen molar-refractivity contribution < 1.29 is 16.8 Å². The molecule has 6 nitrogen and oxygen atoms in total. The molecule has 2 unspecified atom stereocenters. The van der Waals surface area contributed by atoms with Gasteiger partial charge in [-0.3, -0.25) is 0 Å². The van der Waals surface area contributed by atoms with Crippen LogP contribution >= 0.6 is 0 Å². The van der Waals surface area contributed by atoms with Crippen molar-refractivity contribution in [2.45, 2.75) is 45.2 Å². The van der Waals surface area contributed by atoms with Gasteiger partial charge in [-0.25, -0.2) is 16.8 Å². The van der Waals surface area contributed by atoms with Crippen molar-refractivity contribution in [3.63, 3.8) is 0 Å². The van der Waals surface area contributed by atoms with Gasteiger partial charge in [-0.2, -0.15) is 4.31 Å². The van der Waals surface area contributed by atoms with Gasteiger partial charge in [0.25, 0.3) is 0 Å². The molecule has 1 aliphatic heterocycles. The Balaban J connectivity index is 2.93. The second-order valence-corrected chi connectivity index (χ2v) is 9.60. The molecule has 2 atom stereocenters. The standard InChI is InChI=1S/C11H24N2O4S2/c1-4-12-10(2)11-7-5-6-8-13(11)19(16,17)9-18(3,14)15/h10-12H,4-9H2,1-3H3. The van der Waals surface area contributed by atoms with E-state index in [9.17, 15) is 16.8 Å². The van der Waals surface area contributed by atoms with Gasteiger partial charge >= 0.3 is 0 Å². The number of rotatable bonds is 6. The van der Waals surface area contributed by atoms with Gasteiger partial charge in [-0.05, 0) is 26.3 Å². The molecule has 0 aromatic carbocycles. The molecule has 1 rings (SSSR count). The van der Waals surface area contributed by atoms with Crippen molar-refractivity contribution in [1.82, 2.24) is 9.62 Å². The van der Waals surface area contributed by atoms with E-state index in [0.717, 1.165) is 32.1 Å². The van der Waals surface area contributed by atoms with Crippen molar-refractivity contribution in [3.8, 4) is 0 Å². The predicted octanol–water partition coefficient (Wildman–Crippen LogP) is 0.171. The molecule has 0 aromatic heterocycles. The molecule has 1 aliphatic rings. The number of nitrogens with zero attached hydrogens (tertiary/aromatic N) is 1. The Hall–Kier alpha value is -0.180. The van der Waals surface area contributed by atoms with E-state index >= 15 is 0 Å². The fourth-order valence-corrected chi connectivity index (χ4v) is 6.39. The maximum absolute atomic E-state index is 12.2. The lowest BCUT2D eigenvalue weighted by atomic mass is 9.99. The van der Waals surface area contributed by atoms with Crippen molar-refractivity contribution in [3.05, 3.63) is 0 Å². The summed E-state index contributed by atoms with van der Waals surface area (Å²) in [6.07, 6.45) is 3.50. The van der Waals surface area contributed by atoms with Crippen LogP contribution in [-0.4, -0.2) is 57.7 Å². The van der Waals surface area contributed by atoms with Crippen LogP contribution in [0.25, 0.3) is 0 Å². The Labute approximate surface area is 116 Å². The molecule has 114 valence electrons. The SMILES string of the molecule is CCNC(C)C1CCCCN1S(=O)(=O)CS(C)(=O)=O. The smallest absolute Gasteiger partial charge is 0.228 e. The lowest BCUT2D eigenvalue weighted by Gasteiger charge is -2.38. The van der Waals surface area contributed by atoms with Crippen LogP contribution in [0.2, 0.25) is 0 Å². The fourth-order valence-electron chi connectivity index (χ4n) is 2.57. The zero-order chi connectivity index (χ0) is 14.7. The van der Waals surface area contributed by atoms with E-state index in [1.807, 2.05) is 13.8 Å². The van der Waals surface area contributed by atoms with E-state index in [0.29, 0.717) is 6.54 Å². The monoisotopic (exact) mass is 312 g/mol. The molecule has 1 fully saturated rings. The third-order valence-electron chi connectivity index (χ3n) is 3.32. The van der Waals surface area contributed by atoms with Crippen molar-refractivity contribution in [2.75, 3.05) is 24.4 Å². The van der Waals surface area contributed by atoms with Gasteiger partial charge in [-0.1, -0.05) is 13.3 Å². The van der Waals surface area contributed by atoms with Gasteiger partial charge in [0.05, 0.1) is 0 Å². The molecule has 1 N–H and O–H groups in total. The van der Waals surface area contributed by atoms with E-state index in [4.69, 9.17) is 0 Å². The highest BCUT2D eigenvalue weighted by molar-refractivity contribution is 8.06. The summed E-state index contributed by atoms with van der Waals surface area (Å²) in [7, 11) is -7.29. The summed E-state index contributed by atoms with van der Waals surface area (Å²) in [5.74, 6) is 0. The summed E-state index contributed by atoms with van der Waals surface area (Å²) in [5.41, 5.74) is 0. The van der Waals surface area contributed by atoms with E-state index in [-0.39, 0.29) is 12.1 Å². The molecular formula is C11H24N2O4S2. The molecule has 8 heteroatoms. The van der Waals surface area contributed by atoms with Crippen LogP contribution in [0.5, 0.6) is 0 Å². The van der Waals surface area contributed by atoms with Crippen LogP contribution in [0, 0.1) is 0 Å². The first kappa shape index (κ1) is 16.9. The average molecular weight is 312 g/mol. The first-order chi connectivity index (χ1) is 8.67. The maximum Gasteiger partial charge on any atom is 0.228 e. The summed E-state index contributed by atoms with van der Waals surface area (Å²) in [5, 5.41) is 2.43. The maximum atomic E-state index is 12.2. The van der Waals surface area contributed by atoms with Crippen LogP contribution < -0.4 is 5.32 Å². The fraction of sp³-hybridized carbons (Fsp3) is 1.00. The summed E-state index contributed by atoms with van der Waals surface area (Å²) in [6, 6.07) is -0.125. The van der Waals surface area contributed by atoms with Gasteiger partial charge in [0.2, 0.25) is 10.0 Å². The molecule has 0 aliphatic carbocycles. The molecule has 0 aromatic rings. The van der Waals surface area contributed by atoms with Crippen molar-refractivity contribution in [1.29, 1.82) is 0 Å². The summed E-state index contributed by atoms with van der Waals surface area (Å²) >= 11 is 0. The minimum atomic E-state index is -3.75. The van der Waals surface area contributed by atoms with Crippen molar-refractivity contribution in [2.24, 2.45) is 0 Å². The third kappa shape index (κ3) is 5.02. The number of sulfonamides is 1. The highest BCUT2D eigenvalue weighted by atomic mass is 32.3. The Morgan fingerprint density at radius 2 is 1.89 bits per heavy atom. The topological polar surface area (TPSA) is 83.6 Å². The van der Waals surface area contributed by atoms with E-state index < -0.39 is 24.9 Å². The number of piperidine rings is 1. The first-order valence-electron chi connectivity index (χ1n) is 6.58. The zero-order valence-corrected chi connectivity index (χ0v) is 13.4. The van der Waals surface area contributed by atoms with Gasteiger partial charge < -0.3 is 5.32 Å². The number of hydrogen-bond acceptors (Lipinski definition) is 5. The van der Waals surface area contributed by atoms with Crippen molar-refractivity contribution >= 4 is 19.9 Å². The van der Waals surface area contributed by atoms with E-state index in [1.165, 1.54) is 4.31 Å². The normalized spacial score (nSPS) is 24.3. The van der Waals surface area contributed by atoms with Crippen LogP contribution in [0.4, 0.5) is 0 Å². The Morgan fingerprint density at radius 3 is 2.42 bits per heavy atom. The molecule has 1 heterocycles. The molecular weight excluding hydrogens is 288 g/mol. The number of likely N-dealkylation sites (N-methyl/N-ethyl adjacent to an activating group) is 1. The quantitative estimate of drug-likeness (QED) is 0.756. The summed E-state index contributed by atoms with van der Waals surface area (Å²) < 4.78 is 48.4. The molecule has 1 saturated heterocycles.